The number of benzene rings is 1. The van der Waals surface area contributed by atoms with Gasteiger partial charge in [0.05, 0.1) is 6.54 Å². The third kappa shape index (κ3) is 3.69. The van der Waals surface area contributed by atoms with Gasteiger partial charge in [0.15, 0.2) is 5.69 Å². The zero-order valence-corrected chi connectivity index (χ0v) is 17.4. The molecule has 1 fully saturated rings. The van der Waals surface area contributed by atoms with E-state index in [-0.39, 0.29) is 36.0 Å². The summed E-state index contributed by atoms with van der Waals surface area (Å²) in [6, 6.07) is 11.2. The lowest BCUT2D eigenvalue weighted by atomic mass is 9.95. The van der Waals surface area contributed by atoms with Crippen LogP contribution in [0.5, 0.6) is 0 Å². The van der Waals surface area contributed by atoms with E-state index in [9.17, 15) is 14.4 Å². The monoisotopic (exact) mass is 409 g/mol. The third-order valence-corrected chi connectivity index (χ3v) is 6.21. The van der Waals surface area contributed by atoms with Crippen LogP contribution in [0, 0.1) is 0 Å². The van der Waals surface area contributed by atoms with E-state index in [1.165, 1.54) is 15.6 Å². The maximum absolute atomic E-state index is 13.0. The summed E-state index contributed by atoms with van der Waals surface area (Å²) in [6.07, 6.45) is 4.17. The minimum absolute atomic E-state index is 0.163. The van der Waals surface area contributed by atoms with Crippen molar-refractivity contribution in [2.45, 2.75) is 57.3 Å². The summed E-state index contributed by atoms with van der Waals surface area (Å²) in [6.45, 7) is 2.32. The number of fused-ring (bicyclic) bond motifs is 1. The second-order valence-electron chi connectivity index (χ2n) is 8.33. The smallest absolute Gasteiger partial charge is 0.272 e. The molecule has 3 amide bonds. The van der Waals surface area contributed by atoms with E-state index in [0.29, 0.717) is 12.2 Å². The minimum atomic E-state index is -1.06. The van der Waals surface area contributed by atoms with E-state index in [0.717, 1.165) is 31.2 Å². The molecule has 0 bridgehead atoms. The van der Waals surface area contributed by atoms with Crippen LogP contribution in [0.2, 0.25) is 0 Å². The highest BCUT2D eigenvalue weighted by Gasteiger charge is 2.46. The summed E-state index contributed by atoms with van der Waals surface area (Å²) in [7, 11) is 1.63. The number of hydrogen-bond donors (Lipinski definition) is 2. The van der Waals surface area contributed by atoms with Gasteiger partial charge in [-0.05, 0) is 25.3 Å². The summed E-state index contributed by atoms with van der Waals surface area (Å²) in [4.78, 5) is 40.0. The number of likely N-dealkylation sites (N-methyl/N-ethyl adjacent to an activating group) is 1. The van der Waals surface area contributed by atoms with Crippen molar-refractivity contribution in [1.82, 2.24) is 25.3 Å². The predicted octanol–water partition coefficient (Wildman–Crippen LogP) is 1.72. The number of hydrogen-bond acceptors (Lipinski definition) is 4. The first-order valence-electron chi connectivity index (χ1n) is 10.4. The van der Waals surface area contributed by atoms with Crippen LogP contribution >= 0.6 is 0 Å². The van der Waals surface area contributed by atoms with Crippen molar-refractivity contribution in [1.29, 1.82) is 0 Å². The van der Waals surface area contributed by atoms with Gasteiger partial charge in [-0.3, -0.25) is 19.1 Å². The zero-order chi connectivity index (χ0) is 21.3. The summed E-state index contributed by atoms with van der Waals surface area (Å²) >= 11 is 0. The molecule has 0 saturated heterocycles. The highest BCUT2D eigenvalue weighted by Crippen LogP contribution is 2.27. The van der Waals surface area contributed by atoms with Gasteiger partial charge in [0.1, 0.15) is 11.2 Å². The molecule has 4 rings (SSSR count). The van der Waals surface area contributed by atoms with Gasteiger partial charge < -0.3 is 15.5 Å². The molecule has 1 aromatic heterocycles. The van der Waals surface area contributed by atoms with Crippen molar-refractivity contribution < 1.29 is 14.4 Å². The van der Waals surface area contributed by atoms with E-state index in [4.69, 9.17) is 0 Å². The topological polar surface area (TPSA) is 96.3 Å². The summed E-state index contributed by atoms with van der Waals surface area (Å²) in [5.41, 5.74) is 0.398. The summed E-state index contributed by atoms with van der Waals surface area (Å²) < 4.78 is 1.48. The quantitative estimate of drug-likeness (QED) is 0.786. The Kier molecular flexibility index (Phi) is 5.32. The Labute approximate surface area is 175 Å². The van der Waals surface area contributed by atoms with Crippen LogP contribution in [-0.4, -0.2) is 51.0 Å². The van der Waals surface area contributed by atoms with Crippen LogP contribution < -0.4 is 10.6 Å². The van der Waals surface area contributed by atoms with Crippen molar-refractivity contribution in [2.75, 3.05) is 7.05 Å². The molecule has 2 aromatic rings. The molecule has 2 heterocycles. The first kappa shape index (κ1) is 20.1. The molecule has 2 aliphatic rings. The highest BCUT2D eigenvalue weighted by atomic mass is 16.2. The SMILES string of the molecule is CN1C(=O)c2cc(C(=O)NCc3ccccc3)nn2CC1(C)C(=O)NC1CCCC1. The lowest BCUT2D eigenvalue weighted by Gasteiger charge is -2.41. The fraction of sp³-hybridized carbons (Fsp3) is 0.455. The average molecular weight is 409 g/mol. The molecule has 1 aliphatic heterocycles. The van der Waals surface area contributed by atoms with E-state index in [1.54, 1.807) is 14.0 Å². The maximum Gasteiger partial charge on any atom is 0.272 e. The molecule has 1 aromatic carbocycles. The normalized spacial score (nSPS) is 21.4. The Morgan fingerprint density at radius 1 is 1.20 bits per heavy atom. The molecular weight excluding hydrogens is 382 g/mol. The number of nitrogens with one attached hydrogen (secondary N) is 2. The van der Waals surface area contributed by atoms with Crippen LogP contribution in [0.25, 0.3) is 0 Å². The predicted molar refractivity (Wildman–Crippen MR) is 111 cm³/mol. The average Bonchev–Trinajstić information content (AvgIpc) is 3.41. The molecule has 30 heavy (non-hydrogen) atoms. The van der Waals surface area contributed by atoms with Crippen molar-refractivity contribution in [2.24, 2.45) is 0 Å². The van der Waals surface area contributed by atoms with Crippen molar-refractivity contribution >= 4 is 17.7 Å². The molecule has 158 valence electrons. The van der Waals surface area contributed by atoms with Gasteiger partial charge in [0.2, 0.25) is 5.91 Å². The molecule has 1 unspecified atom stereocenters. The third-order valence-electron chi connectivity index (χ3n) is 6.21. The van der Waals surface area contributed by atoms with Crippen LogP contribution in [0.1, 0.15) is 59.1 Å². The van der Waals surface area contributed by atoms with E-state index >= 15 is 0 Å². The lowest BCUT2D eigenvalue weighted by molar-refractivity contribution is -0.133. The van der Waals surface area contributed by atoms with Crippen LogP contribution in [0.3, 0.4) is 0 Å². The molecule has 2 N–H and O–H groups in total. The van der Waals surface area contributed by atoms with Crippen LogP contribution in [0.15, 0.2) is 36.4 Å². The van der Waals surface area contributed by atoms with E-state index < -0.39 is 5.54 Å². The summed E-state index contributed by atoms with van der Waals surface area (Å²) in [5.74, 6) is -0.852. The van der Waals surface area contributed by atoms with Gasteiger partial charge in [-0.2, -0.15) is 5.10 Å². The van der Waals surface area contributed by atoms with Crippen molar-refractivity contribution in [3.8, 4) is 0 Å². The summed E-state index contributed by atoms with van der Waals surface area (Å²) in [5, 5.41) is 10.2. The van der Waals surface area contributed by atoms with Gasteiger partial charge in [-0.1, -0.05) is 43.2 Å². The molecule has 0 radical (unpaired) electrons. The Morgan fingerprint density at radius 2 is 1.90 bits per heavy atom. The molecular formula is C22H27N5O3. The lowest BCUT2D eigenvalue weighted by Crippen LogP contribution is -2.63. The number of carbonyl (C=O) groups excluding carboxylic acids is 3. The Morgan fingerprint density at radius 3 is 2.60 bits per heavy atom. The largest absolute Gasteiger partial charge is 0.351 e. The van der Waals surface area contributed by atoms with Crippen molar-refractivity contribution in [3.05, 3.63) is 53.3 Å². The van der Waals surface area contributed by atoms with Crippen LogP contribution in [-0.2, 0) is 17.9 Å². The standard InChI is InChI=1S/C22H27N5O3/c1-22(21(30)24-16-10-6-7-11-16)14-27-18(20(29)26(22)2)12-17(25-27)19(28)23-13-15-8-4-3-5-9-15/h3-5,8-9,12,16H,6-7,10-11,13-14H2,1-2H3,(H,23,28)(H,24,30). The molecule has 8 heteroatoms. The van der Waals surface area contributed by atoms with Crippen molar-refractivity contribution in [3.63, 3.8) is 0 Å². The Balaban J connectivity index is 1.50. The molecule has 1 aliphatic carbocycles. The van der Waals surface area contributed by atoms with Crippen LogP contribution in [0.4, 0.5) is 0 Å². The van der Waals surface area contributed by atoms with E-state index in [1.807, 2.05) is 30.3 Å². The number of aromatic nitrogens is 2. The number of rotatable bonds is 5. The van der Waals surface area contributed by atoms with Gasteiger partial charge in [0.25, 0.3) is 11.8 Å². The number of amides is 3. The second-order valence-corrected chi connectivity index (χ2v) is 8.33. The first-order valence-corrected chi connectivity index (χ1v) is 10.4. The fourth-order valence-electron chi connectivity index (χ4n) is 4.12. The van der Waals surface area contributed by atoms with E-state index in [2.05, 4.69) is 15.7 Å². The fourth-order valence-corrected chi connectivity index (χ4v) is 4.12. The van der Waals surface area contributed by atoms with Gasteiger partial charge in [-0.15, -0.1) is 0 Å². The highest BCUT2D eigenvalue weighted by molar-refractivity contribution is 6.01. The number of nitrogens with zero attached hydrogens (tertiary/aromatic N) is 3. The molecule has 1 atom stereocenters. The van der Waals surface area contributed by atoms with Gasteiger partial charge in [-0.25, -0.2) is 0 Å². The van der Waals surface area contributed by atoms with Gasteiger partial charge >= 0.3 is 0 Å². The van der Waals surface area contributed by atoms with Gasteiger partial charge in [0, 0.05) is 25.7 Å². The maximum atomic E-state index is 13.0. The number of carbonyl (C=O) groups is 3. The Hall–Kier alpha value is -3.16. The second kappa shape index (κ2) is 7.93. The first-order chi connectivity index (χ1) is 14.4. The minimum Gasteiger partial charge on any atom is -0.351 e. The molecule has 1 saturated carbocycles. The zero-order valence-electron chi connectivity index (χ0n) is 17.4. The molecule has 8 nitrogen and oxygen atoms in total. The molecule has 0 spiro atoms. The Bertz CT molecular complexity index is 964.